The van der Waals surface area contributed by atoms with Gasteiger partial charge in [-0.25, -0.2) is 4.79 Å². The first-order chi connectivity index (χ1) is 11.9. The normalized spacial score (nSPS) is 22.8. The summed E-state index contributed by atoms with van der Waals surface area (Å²) in [6, 6.07) is 2.54. The maximum absolute atomic E-state index is 12.7. The average Bonchev–Trinajstić information content (AvgIpc) is 2.45. The quantitative estimate of drug-likeness (QED) is 0.760. The fraction of sp³-hybridized carbons (Fsp3) is 0.667. The molecule has 3 heterocycles. The van der Waals surface area contributed by atoms with Gasteiger partial charge >= 0.3 is 12.3 Å². The van der Waals surface area contributed by atoms with Crippen molar-refractivity contribution in [2.24, 2.45) is 5.92 Å². The van der Waals surface area contributed by atoms with Gasteiger partial charge in [-0.05, 0) is 44.7 Å². The number of nitrogens with zero attached hydrogens (tertiary/aromatic N) is 2. The summed E-state index contributed by atoms with van der Waals surface area (Å²) in [5.41, 5.74) is -0.455. The van der Waals surface area contributed by atoms with E-state index in [2.05, 4.69) is 0 Å². The molecule has 1 fully saturated rings. The number of likely N-dealkylation sites (tertiary alicyclic amines) is 1. The fourth-order valence-electron chi connectivity index (χ4n) is 3.82. The number of pyridine rings is 1. The van der Waals surface area contributed by atoms with Crippen LogP contribution in [0.1, 0.15) is 44.4 Å². The molecule has 144 valence electrons. The molecule has 0 N–H and O–H groups in total. The van der Waals surface area contributed by atoms with Crippen molar-refractivity contribution >= 4 is 6.09 Å². The van der Waals surface area contributed by atoms with Gasteiger partial charge in [0.2, 0.25) is 0 Å². The SMILES string of the molecule is CC(C)(C)OC(=O)N1C[C@H]2C[C@H](C1)c1cc(CC(F)(F)F)cc(=O)n1C2. The monoisotopic (exact) mass is 372 g/mol. The van der Waals surface area contributed by atoms with Gasteiger partial charge in [0.15, 0.2) is 0 Å². The summed E-state index contributed by atoms with van der Waals surface area (Å²) in [4.78, 5) is 26.3. The minimum Gasteiger partial charge on any atom is -0.444 e. The molecular weight excluding hydrogens is 349 g/mol. The number of hydrogen-bond acceptors (Lipinski definition) is 3. The molecular formula is C18H23F3N2O3. The van der Waals surface area contributed by atoms with E-state index in [9.17, 15) is 22.8 Å². The van der Waals surface area contributed by atoms with E-state index in [1.807, 2.05) is 0 Å². The standard InChI is InChI=1S/C18H23F3N2O3/c1-17(2,3)26-16(25)22-8-12-4-13(10-22)14-5-11(7-18(19,20)21)6-15(24)23(14)9-12/h5-6,12-13H,4,7-10H2,1-3H3/t12-,13-/m1/s1. The van der Waals surface area contributed by atoms with E-state index in [-0.39, 0.29) is 17.4 Å². The third kappa shape index (κ3) is 4.22. The first-order valence-corrected chi connectivity index (χ1v) is 8.69. The van der Waals surface area contributed by atoms with E-state index in [1.54, 1.807) is 30.2 Å². The van der Waals surface area contributed by atoms with Crippen molar-refractivity contribution in [2.45, 2.75) is 57.9 Å². The molecule has 2 aliphatic heterocycles. The second-order valence-corrected chi connectivity index (χ2v) is 8.21. The summed E-state index contributed by atoms with van der Waals surface area (Å²) < 4.78 is 45.1. The molecule has 0 spiro atoms. The Morgan fingerprint density at radius 1 is 1.19 bits per heavy atom. The van der Waals surface area contributed by atoms with Crippen LogP contribution >= 0.6 is 0 Å². The van der Waals surface area contributed by atoms with E-state index in [0.717, 1.165) is 12.5 Å². The van der Waals surface area contributed by atoms with Crippen molar-refractivity contribution < 1.29 is 22.7 Å². The van der Waals surface area contributed by atoms with Gasteiger partial charge in [-0.3, -0.25) is 4.79 Å². The Hall–Kier alpha value is -1.99. The number of amides is 1. The van der Waals surface area contributed by atoms with Crippen molar-refractivity contribution in [1.29, 1.82) is 0 Å². The summed E-state index contributed by atoms with van der Waals surface area (Å²) in [7, 11) is 0. The van der Waals surface area contributed by atoms with Crippen LogP contribution in [0.2, 0.25) is 0 Å². The molecule has 0 radical (unpaired) electrons. The van der Waals surface area contributed by atoms with E-state index in [1.165, 1.54) is 6.07 Å². The zero-order valence-corrected chi connectivity index (χ0v) is 15.1. The minimum absolute atomic E-state index is 0.0263. The Labute approximate surface area is 149 Å². The van der Waals surface area contributed by atoms with Crippen LogP contribution in [0.5, 0.6) is 0 Å². The molecule has 1 saturated heterocycles. The molecule has 1 aromatic rings. The number of ether oxygens (including phenoxy) is 1. The van der Waals surface area contributed by atoms with Gasteiger partial charge in [0.1, 0.15) is 5.60 Å². The summed E-state index contributed by atoms with van der Waals surface area (Å²) in [5.74, 6) is -0.0594. The molecule has 2 aliphatic rings. The Morgan fingerprint density at radius 3 is 2.50 bits per heavy atom. The molecule has 2 bridgehead atoms. The van der Waals surface area contributed by atoms with Crippen LogP contribution in [0.4, 0.5) is 18.0 Å². The maximum Gasteiger partial charge on any atom is 0.410 e. The number of alkyl halides is 3. The lowest BCUT2D eigenvalue weighted by molar-refractivity contribution is -0.127. The van der Waals surface area contributed by atoms with Crippen LogP contribution in [0.3, 0.4) is 0 Å². The topological polar surface area (TPSA) is 51.5 Å². The van der Waals surface area contributed by atoms with Crippen LogP contribution in [0.15, 0.2) is 16.9 Å². The number of piperidine rings is 1. The Morgan fingerprint density at radius 2 is 1.88 bits per heavy atom. The van der Waals surface area contributed by atoms with Gasteiger partial charge in [-0.15, -0.1) is 0 Å². The van der Waals surface area contributed by atoms with Crippen molar-refractivity contribution in [3.8, 4) is 0 Å². The largest absolute Gasteiger partial charge is 0.444 e. The maximum atomic E-state index is 12.7. The number of carbonyl (C=O) groups excluding carboxylic acids is 1. The highest BCUT2D eigenvalue weighted by Gasteiger charge is 2.38. The number of carbonyl (C=O) groups is 1. The van der Waals surface area contributed by atoms with Gasteiger partial charge < -0.3 is 14.2 Å². The highest BCUT2D eigenvalue weighted by atomic mass is 19.4. The first kappa shape index (κ1) is 18.8. The van der Waals surface area contributed by atoms with Gasteiger partial charge in [0, 0.05) is 37.3 Å². The zero-order valence-electron chi connectivity index (χ0n) is 15.1. The van der Waals surface area contributed by atoms with E-state index < -0.39 is 29.9 Å². The lowest BCUT2D eigenvalue weighted by atomic mass is 9.83. The van der Waals surface area contributed by atoms with Crippen molar-refractivity contribution in [2.75, 3.05) is 13.1 Å². The summed E-state index contributed by atoms with van der Waals surface area (Å²) in [5, 5.41) is 0. The summed E-state index contributed by atoms with van der Waals surface area (Å²) in [6.07, 6.45) is -5.15. The minimum atomic E-state index is -4.36. The number of halogens is 3. The van der Waals surface area contributed by atoms with Crippen LogP contribution in [-0.4, -0.2) is 40.4 Å². The van der Waals surface area contributed by atoms with Crippen molar-refractivity contribution in [3.63, 3.8) is 0 Å². The lowest BCUT2D eigenvalue weighted by Gasteiger charge is -2.43. The zero-order chi connectivity index (χ0) is 19.3. The number of fused-ring (bicyclic) bond motifs is 4. The molecule has 0 saturated carbocycles. The number of hydrogen-bond donors (Lipinski definition) is 0. The third-order valence-corrected chi connectivity index (χ3v) is 4.67. The molecule has 3 rings (SSSR count). The molecule has 0 aliphatic carbocycles. The number of rotatable bonds is 1. The fourth-order valence-corrected chi connectivity index (χ4v) is 3.82. The Bertz CT molecular complexity index is 764. The molecule has 5 nitrogen and oxygen atoms in total. The first-order valence-electron chi connectivity index (χ1n) is 8.69. The molecule has 26 heavy (non-hydrogen) atoms. The highest BCUT2D eigenvalue weighted by molar-refractivity contribution is 5.68. The lowest BCUT2D eigenvalue weighted by Crippen LogP contribution is -2.50. The molecule has 0 aromatic carbocycles. The second kappa shape index (κ2) is 6.32. The van der Waals surface area contributed by atoms with Crippen LogP contribution < -0.4 is 5.56 Å². The van der Waals surface area contributed by atoms with E-state index >= 15 is 0 Å². The molecule has 2 atom stereocenters. The molecule has 1 aromatic heterocycles. The summed E-state index contributed by atoms with van der Waals surface area (Å²) >= 11 is 0. The van der Waals surface area contributed by atoms with Crippen molar-refractivity contribution in [1.82, 2.24) is 9.47 Å². The smallest absolute Gasteiger partial charge is 0.410 e. The second-order valence-electron chi connectivity index (χ2n) is 8.21. The Balaban J connectivity index is 1.86. The molecule has 0 unspecified atom stereocenters. The van der Waals surface area contributed by atoms with Crippen LogP contribution in [0.25, 0.3) is 0 Å². The van der Waals surface area contributed by atoms with Crippen LogP contribution in [-0.2, 0) is 17.7 Å². The van der Waals surface area contributed by atoms with Crippen molar-refractivity contribution in [3.05, 3.63) is 33.7 Å². The number of aromatic nitrogens is 1. The van der Waals surface area contributed by atoms with Gasteiger partial charge in [0.05, 0.1) is 6.42 Å². The molecule has 8 heteroatoms. The highest BCUT2D eigenvalue weighted by Crippen LogP contribution is 2.36. The predicted molar refractivity (Wildman–Crippen MR) is 89.1 cm³/mol. The predicted octanol–water partition coefficient (Wildman–Crippen LogP) is 3.31. The third-order valence-electron chi connectivity index (χ3n) is 4.67. The van der Waals surface area contributed by atoms with Gasteiger partial charge in [-0.1, -0.05) is 0 Å². The van der Waals surface area contributed by atoms with E-state index in [0.29, 0.717) is 25.3 Å². The Kier molecular flexibility index (Phi) is 4.56. The van der Waals surface area contributed by atoms with Gasteiger partial charge in [0.25, 0.3) is 5.56 Å². The van der Waals surface area contributed by atoms with E-state index in [4.69, 9.17) is 4.74 Å². The molecule has 1 amide bonds. The average molecular weight is 372 g/mol. The van der Waals surface area contributed by atoms with Crippen LogP contribution in [0, 0.1) is 5.92 Å². The summed E-state index contributed by atoms with van der Waals surface area (Å²) in [6.45, 7) is 6.61. The van der Waals surface area contributed by atoms with Gasteiger partial charge in [-0.2, -0.15) is 13.2 Å².